The second kappa shape index (κ2) is 6.59. The van der Waals surface area contributed by atoms with Gasteiger partial charge in [0.15, 0.2) is 5.82 Å². The largest absolute Gasteiger partial charge is 0.307 e. The number of nitrogens with one attached hydrogen (secondary N) is 1. The lowest BCUT2D eigenvalue weighted by molar-refractivity contribution is 0.467. The molecule has 0 aliphatic rings. The molecule has 0 saturated heterocycles. The van der Waals surface area contributed by atoms with Crippen LogP contribution < -0.4 is 11.3 Å². The monoisotopic (exact) mass is 410 g/mol. The highest BCUT2D eigenvalue weighted by molar-refractivity contribution is 9.11. The molecule has 21 heavy (non-hydrogen) atoms. The highest BCUT2D eigenvalue weighted by Gasteiger charge is 2.22. The number of halogens is 2. The molecule has 0 aromatic carbocycles. The number of nitrogens with zero attached hydrogens (tertiary/aromatic N) is 2. The van der Waals surface area contributed by atoms with Crippen LogP contribution in [0.2, 0.25) is 5.02 Å². The maximum atomic E-state index is 12.5. The molecule has 3 N–H and O–H groups in total. The van der Waals surface area contributed by atoms with Crippen molar-refractivity contribution in [3.8, 4) is 0 Å². The number of thiophene rings is 1. The first-order valence-electron chi connectivity index (χ1n) is 5.66. The highest BCUT2D eigenvalue weighted by atomic mass is 79.9. The molecule has 0 radical (unpaired) electrons. The Balaban J connectivity index is 2.26. The van der Waals surface area contributed by atoms with Gasteiger partial charge in [0.2, 0.25) is 10.0 Å². The van der Waals surface area contributed by atoms with Gasteiger partial charge >= 0.3 is 0 Å². The molecule has 0 aliphatic carbocycles. The maximum absolute atomic E-state index is 12.5. The first-order valence-corrected chi connectivity index (χ1v) is 9.15. The maximum Gasteiger partial charge on any atom is 0.244 e. The van der Waals surface area contributed by atoms with Crippen molar-refractivity contribution < 1.29 is 8.42 Å². The number of nitrogens with two attached hydrogens (primary N) is 1. The number of anilines is 1. The van der Waals surface area contributed by atoms with Gasteiger partial charge in [0.25, 0.3) is 0 Å². The van der Waals surface area contributed by atoms with Gasteiger partial charge in [-0.25, -0.2) is 19.2 Å². The van der Waals surface area contributed by atoms with Crippen LogP contribution in [0.5, 0.6) is 0 Å². The van der Waals surface area contributed by atoms with E-state index in [4.69, 9.17) is 17.4 Å². The van der Waals surface area contributed by atoms with Crippen molar-refractivity contribution in [2.24, 2.45) is 5.84 Å². The topological polar surface area (TPSA) is 88.3 Å². The summed E-state index contributed by atoms with van der Waals surface area (Å²) >= 11 is 10.8. The van der Waals surface area contributed by atoms with Gasteiger partial charge in [-0.15, -0.1) is 11.3 Å². The summed E-state index contributed by atoms with van der Waals surface area (Å²) in [4.78, 5) is 3.89. The van der Waals surface area contributed by atoms with E-state index in [0.717, 1.165) is 9.35 Å². The second-order valence-electron chi connectivity index (χ2n) is 4.17. The first-order chi connectivity index (χ1) is 9.84. The Labute approximate surface area is 140 Å². The van der Waals surface area contributed by atoms with Crippen LogP contribution in [0.3, 0.4) is 0 Å². The lowest BCUT2D eigenvalue weighted by Crippen LogP contribution is -2.26. The van der Waals surface area contributed by atoms with Gasteiger partial charge in [0.05, 0.1) is 8.81 Å². The van der Waals surface area contributed by atoms with Crippen LogP contribution in [-0.2, 0) is 16.6 Å². The van der Waals surface area contributed by atoms with Crippen molar-refractivity contribution in [1.82, 2.24) is 9.29 Å². The molecule has 0 saturated carbocycles. The van der Waals surface area contributed by atoms with E-state index in [2.05, 4.69) is 26.3 Å². The van der Waals surface area contributed by atoms with Crippen LogP contribution in [0.25, 0.3) is 0 Å². The van der Waals surface area contributed by atoms with Crippen molar-refractivity contribution in [2.45, 2.75) is 11.4 Å². The van der Waals surface area contributed by atoms with Gasteiger partial charge in [-0.2, -0.15) is 4.31 Å². The SMILES string of the molecule is CN(Cc1csc(Br)c1)S(=O)(=O)c1cnc(NN)c(Cl)c1. The van der Waals surface area contributed by atoms with Crippen LogP contribution in [0.15, 0.2) is 32.4 Å². The minimum absolute atomic E-state index is 0.0169. The number of hydrogen-bond donors (Lipinski definition) is 2. The van der Waals surface area contributed by atoms with Crippen LogP contribution in [-0.4, -0.2) is 24.8 Å². The number of nitrogen functional groups attached to an aromatic ring is 1. The summed E-state index contributed by atoms with van der Waals surface area (Å²) in [6, 6.07) is 3.20. The predicted molar refractivity (Wildman–Crippen MR) is 87.7 cm³/mol. The lowest BCUT2D eigenvalue weighted by atomic mass is 10.3. The lowest BCUT2D eigenvalue weighted by Gasteiger charge is -2.16. The first kappa shape index (κ1) is 16.7. The summed E-state index contributed by atoms with van der Waals surface area (Å²) in [5.74, 6) is 5.44. The molecule has 10 heteroatoms. The molecule has 0 atom stereocenters. The summed E-state index contributed by atoms with van der Waals surface area (Å²) in [7, 11) is -2.16. The van der Waals surface area contributed by atoms with Crippen LogP contribution in [0.4, 0.5) is 5.82 Å². The third-order valence-electron chi connectivity index (χ3n) is 2.69. The third kappa shape index (κ3) is 3.74. The van der Waals surface area contributed by atoms with Crippen molar-refractivity contribution in [2.75, 3.05) is 12.5 Å². The molecular weight excluding hydrogens is 400 g/mol. The summed E-state index contributed by atoms with van der Waals surface area (Å²) < 4.78 is 27.1. The molecule has 2 aromatic heterocycles. The fraction of sp³-hybridized carbons (Fsp3) is 0.182. The molecule has 0 fully saturated rings. The van der Waals surface area contributed by atoms with E-state index in [1.807, 2.05) is 11.4 Å². The van der Waals surface area contributed by atoms with Gasteiger partial charge in [0, 0.05) is 19.8 Å². The summed E-state index contributed by atoms with van der Waals surface area (Å²) in [5.41, 5.74) is 3.19. The summed E-state index contributed by atoms with van der Waals surface area (Å²) in [6.45, 7) is 0.263. The van der Waals surface area contributed by atoms with Crippen molar-refractivity contribution in [3.05, 3.63) is 38.1 Å². The van der Waals surface area contributed by atoms with Crippen molar-refractivity contribution in [3.63, 3.8) is 0 Å². The Kier molecular flexibility index (Phi) is 5.23. The molecule has 2 rings (SSSR count). The zero-order valence-electron chi connectivity index (χ0n) is 10.9. The molecule has 0 spiro atoms. The highest BCUT2D eigenvalue weighted by Crippen LogP contribution is 2.26. The van der Waals surface area contributed by atoms with E-state index in [1.54, 1.807) is 0 Å². The van der Waals surface area contributed by atoms with E-state index in [1.165, 1.54) is 35.0 Å². The second-order valence-corrected chi connectivity index (χ2v) is 8.91. The third-order valence-corrected chi connectivity index (χ3v) is 6.30. The molecular formula is C11H12BrClN4O2S2. The summed E-state index contributed by atoms with van der Waals surface area (Å²) in [5, 5.41) is 2.04. The molecule has 0 aliphatic heterocycles. The fourth-order valence-corrected chi connectivity index (χ4v) is 4.24. The number of rotatable bonds is 5. The van der Waals surface area contributed by atoms with Crippen LogP contribution >= 0.6 is 38.9 Å². The number of hydrogen-bond acceptors (Lipinski definition) is 6. The molecule has 0 amide bonds. The fourth-order valence-electron chi connectivity index (χ4n) is 1.62. The molecule has 114 valence electrons. The van der Waals surface area contributed by atoms with E-state index in [-0.39, 0.29) is 22.3 Å². The molecule has 2 aromatic rings. The van der Waals surface area contributed by atoms with Crippen LogP contribution in [0, 0.1) is 0 Å². The van der Waals surface area contributed by atoms with Gasteiger partial charge in [0.1, 0.15) is 4.90 Å². The Morgan fingerprint density at radius 3 is 2.76 bits per heavy atom. The Morgan fingerprint density at radius 1 is 1.52 bits per heavy atom. The van der Waals surface area contributed by atoms with Crippen molar-refractivity contribution in [1.29, 1.82) is 0 Å². The van der Waals surface area contributed by atoms with Crippen LogP contribution in [0.1, 0.15) is 5.56 Å². The van der Waals surface area contributed by atoms with Gasteiger partial charge in [-0.05, 0) is 39.0 Å². The average molecular weight is 412 g/mol. The number of pyridine rings is 1. The number of aromatic nitrogens is 1. The molecule has 0 bridgehead atoms. The van der Waals surface area contributed by atoms with E-state index in [9.17, 15) is 8.42 Å². The Morgan fingerprint density at radius 2 is 2.24 bits per heavy atom. The van der Waals surface area contributed by atoms with E-state index >= 15 is 0 Å². The predicted octanol–water partition coefficient (Wildman–Crippen LogP) is 2.67. The number of sulfonamides is 1. The Bertz CT molecular complexity index is 750. The zero-order valence-corrected chi connectivity index (χ0v) is 14.9. The quantitative estimate of drug-likeness (QED) is 0.583. The normalized spacial score (nSPS) is 11.9. The Hall–Kier alpha value is -0.710. The molecule has 2 heterocycles. The van der Waals surface area contributed by atoms with E-state index in [0.29, 0.717) is 0 Å². The number of hydrazine groups is 1. The molecule has 6 nitrogen and oxygen atoms in total. The minimum atomic E-state index is -3.67. The smallest absolute Gasteiger partial charge is 0.244 e. The standard InChI is InChI=1S/C11H12BrClN4O2S2/c1-17(5-7-2-10(12)20-6-7)21(18,19)8-3-9(13)11(16-14)15-4-8/h2-4,6H,5,14H2,1H3,(H,15,16). The average Bonchev–Trinajstić information content (AvgIpc) is 2.83. The van der Waals surface area contributed by atoms with Gasteiger partial charge < -0.3 is 5.43 Å². The van der Waals surface area contributed by atoms with Gasteiger partial charge in [-0.3, -0.25) is 0 Å². The zero-order chi connectivity index (χ0) is 15.6. The minimum Gasteiger partial charge on any atom is -0.307 e. The van der Waals surface area contributed by atoms with Gasteiger partial charge in [-0.1, -0.05) is 11.6 Å². The molecule has 0 unspecified atom stereocenters. The summed E-state index contributed by atoms with van der Waals surface area (Å²) in [6.07, 6.45) is 1.22. The van der Waals surface area contributed by atoms with Crippen molar-refractivity contribution >= 4 is 54.7 Å². The van der Waals surface area contributed by atoms with E-state index < -0.39 is 10.0 Å².